The van der Waals surface area contributed by atoms with Crippen molar-refractivity contribution in [2.75, 3.05) is 11.1 Å². The van der Waals surface area contributed by atoms with Crippen molar-refractivity contribution in [2.45, 2.75) is 23.9 Å². The molecule has 7 nitrogen and oxygen atoms in total. The van der Waals surface area contributed by atoms with E-state index in [0.29, 0.717) is 5.69 Å². The number of nitrogens with one attached hydrogen (secondary N) is 1. The molecule has 0 aliphatic heterocycles. The van der Waals surface area contributed by atoms with Gasteiger partial charge in [-0.1, -0.05) is 11.8 Å². The minimum atomic E-state index is -4.68. The van der Waals surface area contributed by atoms with Gasteiger partial charge in [-0.3, -0.25) is 0 Å². The SMILES string of the molecule is Cc1cc(C(F)(F)F)c(C#N)c(SCc2nc(N)nc(Nc3ccc(F)cc3)n2)n1. The second kappa shape index (κ2) is 8.50. The van der Waals surface area contributed by atoms with Gasteiger partial charge in [0.05, 0.1) is 16.9 Å². The highest BCUT2D eigenvalue weighted by Gasteiger charge is 2.35. The van der Waals surface area contributed by atoms with Crippen LogP contribution in [0.4, 0.5) is 35.1 Å². The number of benzene rings is 1. The summed E-state index contributed by atoms with van der Waals surface area (Å²) in [4.78, 5) is 16.1. The average Bonchev–Trinajstić information content (AvgIpc) is 2.66. The number of nitrogen functional groups attached to an aromatic ring is 1. The topological polar surface area (TPSA) is 113 Å². The molecule has 12 heteroatoms. The molecule has 3 N–H and O–H groups in total. The maximum Gasteiger partial charge on any atom is 0.417 e. The summed E-state index contributed by atoms with van der Waals surface area (Å²) in [6, 6.07) is 7.83. The van der Waals surface area contributed by atoms with Gasteiger partial charge in [0, 0.05) is 11.4 Å². The van der Waals surface area contributed by atoms with Crippen LogP contribution in [0.15, 0.2) is 35.4 Å². The Bertz CT molecular complexity index is 1110. The number of hydrogen-bond donors (Lipinski definition) is 2. The van der Waals surface area contributed by atoms with E-state index in [-0.39, 0.29) is 34.2 Å². The van der Waals surface area contributed by atoms with Crippen LogP contribution in [-0.4, -0.2) is 19.9 Å². The summed E-state index contributed by atoms with van der Waals surface area (Å²) < 4.78 is 52.7. The molecule has 0 spiro atoms. The summed E-state index contributed by atoms with van der Waals surface area (Å²) in [5.74, 6) is -0.284. The molecule has 2 aromatic heterocycles. The fourth-order valence-corrected chi connectivity index (χ4v) is 3.34. The first-order chi connectivity index (χ1) is 14.2. The lowest BCUT2D eigenvalue weighted by Crippen LogP contribution is -2.11. The third-order valence-corrected chi connectivity index (χ3v) is 4.64. The highest BCUT2D eigenvalue weighted by molar-refractivity contribution is 7.98. The van der Waals surface area contributed by atoms with Gasteiger partial charge in [-0.25, -0.2) is 9.37 Å². The van der Waals surface area contributed by atoms with Crippen molar-refractivity contribution in [2.24, 2.45) is 0 Å². The molecule has 0 aliphatic rings. The molecule has 0 saturated carbocycles. The Morgan fingerprint density at radius 1 is 1.13 bits per heavy atom. The predicted molar refractivity (Wildman–Crippen MR) is 102 cm³/mol. The van der Waals surface area contributed by atoms with Gasteiger partial charge in [0.1, 0.15) is 22.7 Å². The molecular formula is C18H13F4N7S. The second-order valence-corrected chi connectivity index (χ2v) is 6.92. The highest BCUT2D eigenvalue weighted by atomic mass is 32.2. The van der Waals surface area contributed by atoms with Gasteiger partial charge >= 0.3 is 6.18 Å². The predicted octanol–water partition coefficient (Wildman–Crippen LogP) is 4.22. The zero-order valence-electron chi connectivity index (χ0n) is 15.3. The average molecular weight is 435 g/mol. The molecule has 30 heavy (non-hydrogen) atoms. The van der Waals surface area contributed by atoms with E-state index in [4.69, 9.17) is 5.73 Å². The first-order valence-electron chi connectivity index (χ1n) is 8.30. The van der Waals surface area contributed by atoms with E-state index in [0.717, 1.165) is 17.8 Å². The smallest absolute Gasteiger partial charge is 0.368 e. The number of nitriles is 1. The Morgan fingerprint density at radius 2 is 1.83 bits per heavy atom. The molecular weight excluding hydrogens is 422 g/mol. The van der Waals surface area contributed by atoms with Crippen LogP contribution >= 0.6 is 11.8 Å². The van der Waals surface area contributed by atoms with E-state index in [2.05, 4.69) is 25.3 Å². The zero-order chi connectivity index (χ0) is 21.9. The lowest BCUT2D eigenvalue weighted by Gasteiger charge is -2.12. The highest BCUT2D eigenvalue weighted by Crippen LogP contribution is 2.36. The number of pyridine rings is 1. The number of thioether (sulfide) groups is 1. The number of halogens is 4. The Morgan fingerprint density at radius 3 is 2.47 bits per heavy atom. The van der Waals surface area contributed by atoms with Crippen molar-refractivity contribution >= 4 is 29.3 Å². The van der Waals surface area contributed by atoms with E-state index in [1.807, 2.05) is 0 Å². The van der Waals surface area contributed by atoms with Crippen molar-refractivity contribution in [3.63, 3.8) is 0 Å². The zero-order valence-corrected chi connectivity index (χ0v) is 16.1. The minimum absolute atomic E-state index is 0.00670. The Balaban J connectivity index is 1.84. The Kier molecular flexibility index (Phi) is 6.02. The van der Waals surface area contributed by atoms with Gasteiger partial charge in [-0.15, -0.1) is 0 Å². The molecule has 3 rings (SSSR count). The van der Waals surface area contributed by atoms with E-state index in [9.17, 15) is 22.8 Å². The lowest BCUT2D eigenvalue weighted by molar-refractivity contribution is -0.138. The summed E-state index contributed by atoms with van der Waals surface area (Å²) in [5.41, 5.74) is 4.69. The molecule has 0 amide bonds. The van der Waals surface area contributed by atoms with E-state index >= 15 is 0 Å². The molecule has 0 aliphatic carbocycles. The monoisotopic (exact) mass is 435 g/mol. The molecule has 0 unspecified atom stereocenters. The number of nitrogens with two attached hydrogens (primary N) is 1. The molecule has 3 aromatic rings. The number of rotatable bonds is 5. The Hall–Kier alpha value is -3.46. The largest absolute Gasteiger partial charge is 0.417 e. The molecule has 0 bridgehead atoms. The van der Waals surface area contributed by atoms with E-state index < -0.39 is 23.1 Å². The van der Waals surface area contributed by atoms with Crippen molar-refractivity contribution < 1.29 is 17.6 Å². The van der Waals surface area contributed by atoms with Crippen molar-refractivity contribution in [1.82, 2.24) is 19.9 Å². The number of nitrogens with zero attached hydrogens (tertiary/aromatic N) is 5. The van der Waals surface area contributed by atoms with Crippen LogP contribution in [0.2, 0.25) is 0 Å². The lowest BCUT2D eigenvalue weighted by atomic mass is 10.1. The van der Waals surface area contributed by atoms with Gasteiger partial charge in [0.2, 0.25) is 11.9 Å². The maximum absolute atomic E-state index is 13.2. The van der Waals surface area contributed by atoms with Gasteiger partial charge < -0.3 is 11.1 Å². The standard InChI is InChI=1S/C18H13F4N7S/c1-9-6-13(18(20,21)22)12(7-23)15(25-9)30-8-14-27-16(24)29-17(28-14)26-11-4-2-10(19)3-5-11/h2-6H,8H2,1H3,(H3,24,26,27,28,29). The van der Waals surface area contributed by atoms with Crippen LogP contribution in [0.25, 0.3) is 0 Å². The molecule has 2 heterocycles. The maximum atomic E-state index is 13.2. The summed E-state index contributed by atoms with van der Waals surface area (Å²) in [7, 11) is 0. The quantitative estimate of drug-likeness (QED) is 0.452. The molecule has 154 valence electrons. The number of alkyl halides is 3. The number of aryl methyl sites for hydroxylation is 1. The van der Waals surface area contributed by atoms with Crippen LogP contribution in [-0.2, 0) is 11.9 Å². The summed E-state index contributed by atoms with van der Waals surface area (Å²) in [6.07, 6.45) is -4.68. The molecule has 0 radical (unpaired) electrons. The first-order valence-corrected chi connectivity index (χ1v) is 9.29. The fraction of sp³-hybridized carbons (Fsp3) is 0.167. The van der Waals surface area contributed by atoms with Crippen molar-refractivity contribution in [3.8, 4) is 6.07 Å². The van der Waals surface area contributed by atoms with Gasteiger partial charge in [0.15, 0.2) is 0 Å². The van der Waals surface area contributed by atoms with Crippen LogP contribution in [0.1, 0.15) is 22.6 Å². The number of anilines is 3. The minimum Gasteiger partial charge on any atom is -0.368 e. The molecule has 0 saturated heterocycles. The van der Waals surface area contributed by atoms with E-state index in [1.165, 1.54) is 31.2 Å². The summed E-state index contributed by atoms with van der Waals surface area (Å²) >= 11 is 0.876. The molecule has 0 fully saturated rings. The fourth-order valence-electron chi connectivity index (χ4n) is 2.43. The van der Waals surface area contributed by atoms with Crippen molar-refractivity contribution in [1.29, 1.82) is 5.26 Å². The Labute approximate surface area is 172 Å². The summed E-state index contributed by atoms with van der Waals surface area (Å²) in [5, 5.41) is 12.0. The molecule has 1 aromatic carbocycles. The van der Waals surface area contributed by atoms with Crippen LogP contribution < -0.4 is 11.1 Å². The third-order valence-electron chi connectivity index (χ3n) is 3.67. The first kappa shape index (κ1) is 21.3. The van der Waals surface area contributed by atoms with Crippen LogP contribution in [0.3, 0.4) is 0 Å². The van der Waals surface area contributed by atoms with Gasteiger partial charge in [0.25, 0.3) is 0 Å². The number of aromatic nitrogens is 4. The van der Waals surface area contributed by atoms with Crippen LogP contribution in [0.5, 0.6) is 0 Å². The van der Waals surface area contributed by atoms with Gasteiger partial charge in [-0.05, 0) is 37.3 Å². The second-order valence-electron chi connectivity index (χ2n) is 5.95. The molecule has 0 atom stereocenters. The van der Waals surface area contributed by atoms with Crippen molar-refractivity contribution in [3.05, 3.63) is 58.8 Å². The van der Waals surface area contributed by atoms with Gasteiger partial charge in [-0.2, -0.15) is 33.4 Å². The summed E-state index contributed by atoms with van der Waals surface area (Å²) in [6.45, 7) is 1.41. The third kappa shape index (κ3) is 5.12. The van der Waals surface area contributed by atoms with E-state index in [1.54, 1.807) is 6.07 Å². The van der Waals surface area contributed by atoms with Crippen LogP contribution in [0, 0.1) is 24.1 Å². The normalized spacial score (nSPS) is 11.2. The number of hydrogen-bond acceptors (Lipinski definition) is 8.